The van der Waals surface area contributed by atoms with Crippen molar-refractivity contribution in [1.29, 1.82) is 0 Å². The molecule has 0 spiro atoms. The lowest BCUT2D eigenvalue weighted by Crippen LogP contribution is -2.44. The maximum atomic E-state index is 13.8. The quantitative estimate of drug-likeness (QED) is 0.845. The van der Waals surface area contributed by atoms with E-state index in [1.165, 1.54) is 4.31 Å². The molecule has 1 aromatic rings. The standard InChI is InChI=1S/C14H17F2NO4S/c15-11-3-4-13(12(16)8-11)22(18,19)17-5-1-2-10(9-17)14-20-6-7-21-14/h3-4,8,10,14H,1-2,5-7,9H2/t10-/m1/s1. The van der Waals surface area contributed by atoms with Crippen molar-refractivity contribution in [2.45, 2.75) is 24.0 Å². The third-order valence-corrected chi connectivity index (χ3v) is 5.86. The number of piperidine rings is 1. The molecule has 0 aromatic heterocycles. The molecule has 2 fully saturated rings. The van der Waals surface area contributed by atoms with E-state index in [2.05, 4.69) is 0 Å². The second-order valence-electron chi connectivity index (χ2n) is 5.45. The van der Waals surface area contributed by atoms with Crippen molar-refractivity contribution in [3.8, 4) is 0 Å². The monoisotopic (exact) mass is 333 g/mol. The minimum absolute atomic E-state index is 0.0745. The van der Waals surface area contributed by atoms with Crippen molar-refractivity contribution in [1.82, 2.24) is 4.31 Å². The van der Waals surface area contributed by atoms with Crippen molar-refractivity contribution >= 4 is 10.0 Å². The zero-order valence-corrected chi connectivity index (χ0v) is 12.7. The molecule has 2 aliphatic rings. The van der Waals surface area contributed by atoms with Crippen LogP contribution in [0.1, 0.15) is 12.8 Å². The Labute approximate surface area is 127 Å². The van der Waals surface area contributed by atoms with Crippen LogP contribution in [0.25, 0.3) is 0 Å². The predicted octanol–water partition coefficient (Wildman–Crippen LogP) is 1.74. The fraction of sp³-hybridized carbons (Fsp3) is 0.571. The van der Waals surface area contributed by atoms with Gasteiger partial charge in [0.05, 0.1) is 13.2 Å². The van der Waals surface area contributed by atoms with Gasteiger partial charge in [-0.15, -0.1) is 0 Å². The third kappa shape index (κ3) is 3.01. The highest BCUT2D eigenvalue weighted by atomic mass is 32.2. The number of nitrogens with zero attached hydrogens (tertiary/aromatic N) is 1. The van der Waals surface area contributed by atoms with Crippen LogP contribution in [0.3, 0.4) is 0 Å². The van der Waals surface area contributed by atoms with Gasteiger partial charge >= 0.3 is 0 Å². The van der Waals surface area contributed by atoms with E-state index in [1.54, 1.807) is 0 Å². The number of sulfonamides is 1. The molecule has 122 valence electrons. The molecular weight excluding hydrogens is 316 g/mol. The molecule has 22 heavy (non-hydrogen) atoms. The van der Waals surface area contributed by atoms with E-state index in [0.29, 0.717) is 32.2 Å². The average molecular weight is 333 g/mol. The Balaban J connectivity index is 1.82. The van der Waals surface area contributed by atoms with Crippen LogP contribution < -0.4 is 0 Å². The molecule has 1 aromatic carbocycles. The van der Waals surface area contributed by atoms with Gasteiger partial charge in [-0.1, -0.05) is 0 Å². The van der Waals surface area contributed by atoms with Crippen molar-refractivity contribution < 1.29 is 26.7 Å². The lowest BCUT2D eigenvalue weighted by atomic mass is 9.99. The fourth-order valence-electron chi connectivity index (χ4n) is 2.89. The molecule has 0 N–H and O–H groups in total. The minimum Gasteiger partial charge on any atom is -0.350 e. The molecule has 0 unspecified atom stereocenters. The molecule has 5 nitrogen and oxygen atoms in total. The van der Waals surface area contributed by atoms with E-state index >= 15 is 0 Å². The smallest absolute Gasteiger partial charge is 0.245 e. The highest BCUT2D eigenvalue weighted by molar-refractivity contribution is 7.89. The van der Waals surface area contributed by atoms with Crippen molar-refractivity contribution in [2.75, 3.05) is 26.3 Å². The Kier molecular flexibility index (Phi) is 4.44. The van der Waals surface area contributed by atoms with Gasteiger partial charge in [-0.3, -0.25) is 0 Å². The first-order chi connectivity index (χ1) is 10.5. The maximum Gasteiger partial charge on any atom is 0.245 e. The summed E-state index contributed by atoms with van der Waals surface area (Å²) in [4.78, 5) is -0.497. The zero-order chi connectivity index (χ0) is 15.7. The highest BCUT2D eigenvalue weighted by Crippen LogP contribution is 2.29. The average Bonchev–Trinajstić information content (AvgIpc) is 3.01. The topological polar surface area (TPSA) is 55.8 Å². The second kappa shape index (κ2) is 6.19. The van der Waals surface area contributed by atoms with Gasteiger partial charge in [-0.25, -0.2) is 17.2 Å². The molecule has 2 heterocycles. The Morgan fingerprint density at radius 2 is 1.91 bits per heavy atom. The second-order valence-corrected chi connectivity index (χ2v) is 7.36. The van der Waals surface area contributed by atoms with Crippen LogP contribution in [0.4, 0.5) is 8.78 Å². The largest absolute Gasteiger partial charge is 0.350 e. The first kappa shape index (κ1) is 15.8. The van der Waals surface area contributed by atoms with Gasteiger partial charge in [-0.2, -0.15) is 4.31 Å². The maximum absolute atomic E-state index is 13.8. The summed E-state index contributed by atoms with van der Waals surface area (Å²) >= 11 is 0. The van der Waals surface area contributed by atoms with Gasteiger partial charge in [0.1, 0.15) is 16.5 Å². The number of ether oxygens (including phenoxy) is 2. The fourth-order valence-corrected chi connectivity index (χ4v) is 4.47. The summed E-state index contributed by atoms with van der Waals surface area (Å²) in [6.45, 7) is 1.52. The SMILES string of the molecule is O=S(=O)(c1ccc(F)cc1F)N1CCC[C@@H](C2OCCO2)C1. The summed E-state index contributed by atoms with van der Waals surface area (Å²) in [6.07, 6.45) is 1.04. The molecule has 0 aliphatic carbocycles. The summed E-state index contributed by atoms with van der Waals surface area (Å²) in [5, 5.41) is 0. The normalized spacial score (nSPS) is 24.7. The lowest BCUT2D eigenvalue weighted by molar-refractivity contribution is -0.0940. The van der Waals surface area contributed by atoms with E-state index in [0.717, 1.165) is 18.6 Å². The van der Waals surface area contributed by atoms with E-state index in [1.807, 2.05) is 0 Å². The molecule has 0 amide bonds. The summed E-state index contributed by atoms with van der Waals surface area (Å²) < 4.78 is 64.0. The van der Waals surface area contributed by atoms with Gasteiger partial charge in [0, 0.05) is 25.1 Å². The summed E-state index contributed by atoms with van der Waals surface area (Å²) in [5.74, 6) is -1.95. The number of halogens is 2. The summed E-state index contributed by atoms with van der Waals surface area (Å²) in [5.41, 5.74) is 0. The van der Waals surface area contributed by atoms with E-state index in [4.69, 9.17) is 9.47 Å². The van der Waals surface area contributed by atoms with E-state index in [9.17, 15) is 17.2 Å². The van der Waals surface area contributed by atoms with Crippen LogP contribution in [0, 0.1) is 17.6 Å². The van der Waals surface area contributed by atoms with Crippen LogP contribution in [0.15, 0.2) is 23.1 Å². The van der Waals surface area contributed by atoms with Crippen molar-refractivity contribution in [3.63, 3.8) is 0 Å². The van der Waals surface area contributed by atoms with Gasteiger partial charge in [0.25, 0.3) is 0 Å². The van der Waals surface area contributed by atoms with Gasteiger partial charge in [0.2, 0.25) is 10.0 Å². The van der Waals surface area contributed by atoms with Gasteiger partial charge < -0.3 is 9.47 Å². The van der Waals surface area contributed by atoms with Crippen LogP contribution in [-0.4, -0.2) is 45.3 Å². The Hall–Kier alpha value is -1.09. The van der Waals surface area contributed by atoms with Gasteiger partial charge in [0.15, 0.2) is 6.29 Å². The first-order valence-electron chi connectivity index (χ1n) is 7.17. The van der Waals surface area contributed by atoms with Crippen LogP contribution in [-0.2, 0) is 19.5 Å². The lowest BCUT2D eigenvalue weighted by Gasteiger charge is -2.33. The molecule has 8 heteroatoms. The molecular formula is C14H17F2NO4S. The molecule has 2 aliphatic heterocycles. The molecule has 1 atom stereocenters. The number of hydrogen-bond donors (Lipinski definition) is 0. The predicted molar refractivity (Wildman–Crippen MR) is 73.5 cm³/mol. The molecule has 3 rings (SSSR count). The summed E-state index contributed by atoms with van der Waals surface area (Å²) in [6, 6.07) is 2.49. The van der Waals surface area contributed by atoms with E-state index in [-0.39, 0.29) is 12.5 Å². The highest BCUT2D eigenvalue weighted by Gasteiger charge is 2.37. The molecule has 0 bridgehead atoms. The molecule has 0 saturated carbocycles. The Morgan fingerprint density at radius 1 is 1.18 bits per heavy atom. The first-order valence-corrected chi connectivity index (χ1v) is 8.61. The zero-order valence-electron chi connectivity index (χ0n) is 11.9. The van der Waals surface area contributed by atoms with Gasteiger partial charge in [-0.05, 0) is 25.0 Å². The van der Waals surface area contributed by atoms with Crippen molar-refractivity contribution in [3.05, 3.63) is 29.8 Å². The number of rotatable bonds is 3. The van der Waals surface area contributed by atoms with Crippen LogP contribution in [0.2, 0.25) is 0 Å². The molecule has 0 radical (unpaired) electrons. The Morgan fingerprint density at radius 3 is 2.59 bits per heavy atom. The van der Waals surface area contributed by atoms with Crippen LogP contribution in [0.5, 0.6) is 0 Å². The van der Waals surface area contributed by atoms with E-state index < -0.39 is 32.8 Å². The number of hydrogen-bond acceptors (Lipinski definition) is 4. The van der Waals surface area contributed by atoms with Crippen LogP contribution >= 0.6 is 0 Å². The minimum atomic E-state index is -3.99. The van der Waals surface area contributed by atoms with Crippen molar-refractivity contribution in [2.24, 2.45) is 5.92 Å². The third-order valence-electron chi connectivity index (χ3n) is 3.96. The Bertz CT molecular complexity index is 646. The molecule has 2 saturated heterocycles. The summed E-state index contributed by atoms with van der Waals surface area (Å²) in [7, 11) is -3.99. The number of benzene rings is 1.